The lowest BCUT2D eigenvalue weighted by Gasteiger charge is -2.12. The SMILES string of the molecule is CCCCCCCc1ccc(C(=O)COC(=O)c2cc(-c3ccc(CC)cc3)nc3c(C)cccc23)cc1. The maximum Gasteiger partial charge on any atom is 0.339 e. The van der Waals surface area contributed by atoms with E-state index >= 15 is 0 Å². The van der Waals surface area contributed by atoms with Gasteiger partial charge in [0, 0.05) is 16.5 Å². The lowest BCUT2D eigenvalue weighted by Crippen LogP contribution is -2.15. The third-order valence-corrected chi connectivity index (χ3v) is 7.10. The maximum absolute atomic E-state index is 13.2. The van der Waals surface area contributed by atoms with Crippen LogP contribution in [0.2, 0.25) is 0 Å². The molecule has 0 atom stereocenters. The van der Waals surface area contributed by atoms with E-state index in [9.17, 15) is 9.59 Å². The maximum atomic E-state index is 13.2. The molecule has 3 aromatic carbocycles. The van der Waals surface area contributed by atoms with E-state index < -0.39 is 5.97 Å². The summed E-state index contributed by atoms with van der Waals surface area (Å²) in [6.45, 7) is 6.01. The molecule has 4 nitrogen and oxygen atoms in total. The number of benzene rings is 3. The number of rotatable bonds is 12. The summed E-state index contributed by atoms with van der Waals surface area (Å²) in [5.41, 5.74) is 6.82. The molecule has 0 saturated heterocycles. The van der Waals surface area contributed by atoms with Gasteiger partial charge < -0.3 is 4.74 Å². The molecule has 0 unspecified atom stereocenters. The standard InChI is InChI=1S/C34H37NO3/c1-4-6-7-8-9-12-26-16-20-28(21-17-26)32(36)23-38-34(37)30-22-31(27-18-14-25(5-2)15-19-27)35-33-24(3)11-10-13-29(30)33/h10-11,13-22H,4-9,12,23H2,1-3H3. The van der Waals surface area contributed by atoms with E-state index in [0.717, 1.165) is 41.3 Å². The molecule has 0 aliphatic rings. The normalized spacial score (nSPS) is 11.0. The Labute approximate surface area is 226 Å². The molecule has 4 rings (SSSR count). The molecule has 4 aromatic rings. The molecule has 0 spiro atoms. The third-order valence-electron chi connectivity index (χ3n) is 7.10. The number of ketones is 1. The zero-order valence-electron chi connectivity index (χ0n) is 22.8. The molecule has 1 heterocycles. The largest absolute Gasteiger partial charge is 0.454 e. The number of para-hydroxylation sites is 1. The summed E-state index contributed by atoms with van der Waals surface area (Å²) in [6.07, 6.45) is 8.18. The monoisotopic (exact) mass is 507 g/mol. The highest BCUT2D eigenvalue weighted by molar-refractivity contribution is 6.06. The molecule has 196 valence electrons. The van der Waals surface area contributed by atoms with Gasteiger partial charge in [0.25, 0.3) is 0 Å². The number of aryl methyl sites for hydroxylation is 3. The van der Waals surface area contributed by atoms with Crippen LogP contribution in [0.4, 0.5) is 0 Å². The lowest BCUT2D eigenvalue weighted by molar-refractivity contribution is 0.0476. The number of Topliss-reactive ketones (excluding diaryl/α,β-unsaturated/α-hetero) is 1. The fourth-order valence-electron chi connectivity index (χ4n) is 4.70. The molecule has 0 saturated carbocycles. The van der Waals surface area contributed by atoms with E-state index in [1.165, 1.54) is 36.8 Å². The number of unbranched alkanes of at least 4 members (excludes halogenated alkanes) is 4. The van der Waals surface area contributed by atoms with Crippen LogP contribution in [-0.2, 0) is 17.6 Å². The Morgan fingerprint density at radius 3 is 2.24 bits per heavy atom. The van der Waals surface area contributed by atoms with Crippen molar-refractivity contribution in [2.75, 3.05) is 6.61 Å². The van der Waals surface area contributed by atoms with E-state index in [4.69, 9.17) is 9.72 Å². The Hall–Kier alpha value is -3.79. The molecule has 0 radical (unpaired) electrons. The Kier molecular flexibility index (Phi) is 9.42. The van der Waals surface area contributed by atoms with Gasteiger partial charge in [-0.2, -0.15) is 0 Å². The van der Waals surface area contributed by atoms with Crippen molar-refractivity contribution in [3.63, 3.8) is 0 Å². The van der Waals surface area contributed by atoms with E-state index in [-0.39, 0.29) is 12.4 Å². The molecular formula is C34H37NO3. The second-order valence-electron chi connectivity index (χ2n) is 9.94. The minimum atomic E-state index is -0.522. The van der Waals surface area contributed by atoms with Crippen LogP contribution in [0.15, 0.2) is 72.8 Å². The molecule has 0 fully saturated rings. The van der Waals surface area contributed by atoms with Crippen LogP contribution < -0.4 is 0 Å². The molecule has 0 N–H and O–H groups in total. The molecule has 0 bridgehead atoms. The number of carbonyl (C=O) groups excluding carboxylic acids is 2. The number of fused-ring (bicyclic) bond motifs is 1. The average Bonchev–Trinajstić information content (AvgIpc) is 2.95. The minimum absolute atomic E-state index is 0.210. The van der Waals surface area contributed by atoms with Crippen LogP contribution in [0.3, 0.4) is 0 Å². The fourth-order valence-corrected chi connectivity index (χ4v) is 4.70. The van der Waals surface area contributed by atoms with Gasteiger partial charge in [-0.1, -0.05) is 106 Å². The molecule has 0 aliphatic carbocycles. The Bertz CT molecular complexity index is 1390. The highest BCUT2D eigenvalue weighted by Gasteiger charge is 2.18. The topological polar surface area (TPSA) is 56.3 Å². The number of pyridine rings is 1. The van der Waals surface area contributed by atoms with Gasteiger partial charge in [-0.05, 0) is 48.9 Å². The Morgan fingerprint density at radius 1 is 0.816 bits per heavy atom. The van der Waals surface area contributed by atoms with Crippen LogP contribution in [0.25, 0.3) is 22.2 Å². The summed E-state index contributed by atoms with van der Waals surface area (Å²) < 4.78 is 5.54. The highest BCUT2D eigenvalue weighted by Crippen LogP contribution is 2.28. The first kappa shape index (κ1) is 27.3. The van der Waals surface area contributed by atoms with Crippen molar-refractivity contribution in [3.05, 3.63) is 101 Å². The number of ether oxygens (including phenoxy) is 1. The molecule has 0 amide bonds. The van der Waals surface area contributed by atoms with Gasteiger partial charge in [-0.15, -0.1) is 0 Å². The first-order chi connectivity index (χ1) is 18.5. The summed E-state index contributed by atoms with van der Waals surface area (Å²) in [4.78, 5) is 30.9. The van der Waals surface area contributed by atoms with Gasteiger partial charge in [0.1, 0.15) is 0 Å². The van der Waals surface area contributed by atoms with Crippen molar-refractivity contribution in [2.45, 2.75) is 65.7 Å². The minimum Gasteiger partial charge on any atom is -0.454 e. The van der Waals surface area contributed by atoms with Crippen LogP contribution in [0.5, 0.6) is 0 Å². The summed E-state index contributed by atoms with van der Waals surface area (Å²) in [5.74, 6) is -0.732. The second-order valence-corrected chi connectivity index (χ2v) is 9.94. The van der Waals surface area contributed by atoms with Crippen molar-refractivity contribution in [1.82, 2.24) is 4.98 Å². The third kappa shape index (κ3) is 6.74. The van der Waals surface area contributed by atoms with Crippen molar-refractivity contribution >= 4 is 22.7 Å². The quantitative estimate of drug-likeness (QED) is 0.110. The fraction of sp³-hybridized carbons (Fsp3) is 0.324. The van der Waals surface area contributed by atoms with Crippen molar-refractivity contribution in [3.8, 4) is 11.3 Å². The van der Waals surface area contributed by atoms with Gasteiger partial charge in [-0.3, -0.25) is 4.79 Å². The predicted molar refractivity (Wildman–Crippen MR) is 155 cm³/mol. The molecule has 0 aliphatic heterocycles. The first-order valence-corrected chi connectivity index (χ1v) is 13.8. The zero-order valence-corrected chi connectivity index (χ0v) is 22.8. The van der Waals surface area contributed by atoms with Gasteiger partial charge in [0.15, 0.2) is 12.4 Å². The van der Waals surface area contributed by atoms with Gasteiger partial charge in [0.2, 0.25) is 0 Å². The number of hydrogen-bond donors (Lipinski definition) is 0. The lowest BCUT2D eigenvalue weighted by atomic mass is 10.0. The predicted octanol–water partition coefficient (Wildman–Crippen LogP) is 8.33. The molecule has 1 aromatic heterocycles. The van der Waals surface area contributed by atoms with Crippen LogP contribution in [-0.4, -0.2) is 23.3 Å². The summed E-state index contributed by atoms with van der Waals surface area (Å²) in [6, 6.07) is 23.4. The number of nitrogens with zero attached hydrogens (tertiary/aromatic N) is 1. The molecule has 38 heavy (non-hydrogen) atoms. The number of carbonyl (C=O) groups is 2. The number of hydrogen-bond acceptors (Lipinski definition) is 4. The van der Waals surface area contributed by atoms with Gasteiger partial charge in [0.05, 0.1) is 16.8 Å². The van der Waals surface area contributed by atoms with E-state index in [1.807, 2.05) is 61.5 Å². The highest BCUT2D eigenvalue weighted by atomic mass is 16.5. The number of aromatic nitrogens is 1. The van der Waals surface area contributed by atoms with Gasteiger partial charge >= 0.3 is 5.97 Å². The van der Waals surface area contributed by atoms with Crippen molar-refractivity contribution < 1.29 is 14.3 Å². The molecule has 4 heteroatoms. The van der Waals surface area contributed by atoms with Crippen LogP contribution in [0, 0.1) is 6.92 Å². The molecular weight excluding hydrogens is 470 g/mol. The van der Waals surface area contributed by atoms with E-state index in [0.29, 0.717) is 16.8 Å². The first-order valence-electron chi connectivity index (χ1n) is 13.8. The summed E-state index contributed by atoms with van der Waals surface area (Å²) >= 11 is 0. The Morgan fingerprint density at radius 2 is 1.53 bits per heavy atom. The van der Waals surface area contributed by atoms with E-state index in [1.54, 1.807) is 6.07 Å². The van der Waals surface area contributed by atoms with Crippen molar-refractivity contribution in [1.29, 1.82) is 0 Å². The van der Waals surface area contributed by atoms with E-state index in [2.05, 4.69) is 26.0 Å². The Balaban J connectivity index is 1.47. The van der Waals surface area contributed by atoms with Gasteiger partial charge in [-0.25, -0.2) is 9.78 Å². The number of esters is 1. The zero-order chi connectivity index (χ0) is 26.9. The smallest absolute Gasteiger partial charge is 0.339 e. The van der Waals surface area contributed by atoms with Crippen LogP contribution in [0.1, 0.15) is 83.4 Å². The summed E-state index contributed by atoms with van der Waals surface area (Å²) in [5, 5.41) is 0.722. The van der Waals surface area contributed by atoms with Crippen molar-refractivity contribution in [2.24, 2.45) is 0 Å². The summed E-state index contributed by atoms with van der Waals surface area (Å²) in [7, 11) is 0. The average molecular weight is 508 g/mol. The van der Waals surface area contributed by atoms with Crippen LogP contribution >= 0.6 is 0 Å². The second kappa shape index (κ2) is 13.1.